The first-order chi connectivity index (χ1) is 4.23. The second-order valence-corrected chi connectivity index (χ2v) is 2.00. The fraction of sp³-hybridized carbons (Fsp3) is 0.833. The third kappa shape index (κ3) is 11.2. The van der Waals surface area contributed by atoms with Gasteiger partial charge in [-0.1, -0.05) is 0 Å². The summed E-state index contributed by atoms with van der Waals surface area (Å²) in [4.78, 5) is 0. The van der Waals surface area contributed by atoms with E-state index in [9.17, 15) is 0 Å². The second-order valence-electron chi connectivity index (χ2n) is 2.00. The van der Waals surface area contributed by atoms with Crippen molar-refractivity contribution in [3.63, 3.8) is 0 Å². The van der Waals surface area contributed by atoms with Gasteiger partial charge in [0.05, 0.1) is 5.84 Å². The molecule has 1 rings (SSSR count). The molecule has 3 nitrogen and oxygen atoms in total. The Labute approximate surface area is 55.7 Å². The molecule has 1 aliphatic heterocycles. The first-order valence-corrected chi connectivity index (χ1v) is 3.12. The molecule has 3 N–H and O–H groups in total. The van der Waals surface area contributed by atoms with E-state index in [0.29, 0.717) is 0 Å². The maximum atomic E-state index is 6.28. The topological polar surface area (TPSA) is 59.1 Å². The van der Waals surface area contributed by atoms with Gasteiger partial charge in [0.2, 0.25) is 0 Å². The SMILES string of the molecule is C1CCOC1.CC(=N)N. The molecule has 0 unspecified atom stereocenters. The second kappa shape index (κ2) is 5.56. The summed E-state index contributed by atoms with van der Waals surface area (Å²) >= 11 is 0. The van der Waals surface area contributed by atoms with Crippen molar-refractivity contribution in [1.29, 1.82) is 5.41 Å². The lowest BCUT2D eigenvalue weighted by Gasteiger charge is -1.76. The number of rotatable bonds is 0. The Morgan fingerprint density at radius 1 is 1.44 bits per heavy atom. The standard InChI is InChI=1S/C4H8O.C2H6N2/c1-2-4-5-3-1;1-2(3)4/h1-4H2;1H3,(H3,3,4). The van der Waals surface area contributed by atoms with E-state index in [1.165, 1.54) is 19.8 Å². The molecule has 3 heteroatoms. The number of amidine groups is 1. The first kappa shape index (κ1) is 8.43. The van der Waals surface area contributed by atoms with E-state index in [4.69, 9.17) is 15.9 Å². The fourth-order valence-electron chi connectivity index (χ4n) is 0.510. The minimum absolute atomic E-state index is 0.167. The summed E-state index contributed by atoms with van der Waals surface area (Å²) in [6.45, 7) is 3.53. The van der Waals surface area contributed by atoms with E-state index in [1.807, 2.05) is 0 Å². The van der Waals surface area contributed by atoms with Gasteiger partial charge in [0, 0.05) is 13.2 Å². The van der Waals surface area contributed by atoms with Crippen molar-refractivity contribution in [2.75, 3.05) is 13.2 Å². The van der Waals surface area contributed by atoms with Crippen LogP contribution >= 0.6 is 0 Å². The molecule has 0 aliphatic carbocycles. The van der Waals surface area contributed by atoms with Crippen molar-refractivity contribution in [2.24, 2.45) is 5.73 Å². The van der Waals surface area contributed by atoms with Crippen molar-refractivity contribution in [3.05, 3.63) is 0 Å². The average Bonchev–Trinajstić information content (AvgIpc) is 2.11. The highest BCUT2D eigenvalue weighted by Crippen LogP contribution is 1.98. The third-order valence-corrected chi connectivity index (χ3v) is 0.827. The van der Waals surface area contributed by atoms with Crippen molar-refractivity contribution >= 4 is 5.84 Å². The zero-order valence-electron chi connectivity index (χ0n) is 5.81. The summed E-state index contributed by atoms with van der Waals surface area (Å²) in [5.74, 6) is 0.167. The van der Waals surface area contributed by atoms with E-state index < -0.39 is 0 Å². The summed E-state index contributed by atoms with van der Waals surface area (Å²) in [5.41, 5.74) is 4.69. The Hall–Kier alpha value is -0.570. The molecular formula is C6H14N2O. The number of hydrogen-bond donors (Lipinski definition) is 2. The average molecular weight is 130 g/mol. The number of hydrogen-bond acceptors (Lipinski definition) is 2. The molecule has 0 saturated carbocycles. The summed E-state index contributed by atoms with van der Waals surface area (Å²) in [6, 6.07) is 0. The van der Waals surface area contributed by atoms with E-state index in [0.717, 1.165) is 13.2 Å². The van der Waals surface area contributed by atoms with E-state index in [2.05, 4.69) is 0 Å². The van der Waals surface area contributed by atoms with E-state index >= 15 is 0 Å². The molecule has 1 aliphatic rings. The summed E-state index contributed by atoms with van der Waals surface area (Å²) < 4.78 is 4.94. The molecule has 0 radical (unpaired) electrons. The predicted octanol–water partition coefficient (Wildman–Crippen LogP) is 0.739. The minimum Gasteiger partial charge on any atom is -0.388 e. The minimum atomic E-state index is 0.167. The molecule has 0 atom stereocenters. The zero-order valence-corrected chi connectivity index (χ0v) is 5.81. The van der Waals surface area contributed by atoms with Crippen LogP contribution in [0, 0.1) is 5.41 Å². The number of ether oxygens (including phenoxy) is 1. The van der Waals surface area contributed by atoms with Gasteiger partial charge in [-0.2, -0.15) is 0 Å². The van der Waals surface area contributed by atoms with Gasteiger partial charge in [-0.15, -0.1) is 0 Å². The van der Waals surface area contributed by atoms with Crippen LogP contribution in [-0.4, -0.2) is 19.0 Å². The third-order valence-electron chi connectivity index (χ3n) is 0.827. The highest BCUT2D eigenvalue weighted by Gasteiger charge is 1.94. The van der Waals surface area contributed by atoms with Crippen LogP contribution in [0.25, 0.3) is 0 Å². The molecule has 0 spiro atoms. The van der Waals surface area contributed by atoms with Crippen molar-refractivity contribution in [3.8, 4) is 0 Å². The smallest absolute Gasteiger partial charge is 0.0873 e. The Balaban J connectivity index is 0.000000148. The molecule has 0 aromatic carbocycles. The molecule has 0 aromatic heterocycles. The molecule has 1 fully saturated rings. The van der Waals surface area contributed by atoms with Gasteiger partial charge >= 0.3 is 0 Å². The largest absolute Gasteiger partial charge is 0.388 e. The lowest BCUT2D eigenvalue weighted by atomic mass is 10.4. The van der Waals surface area contributed by atoms with Crippen LogP contribution in [0.3, 0.4) is 0 Å². The quantitative estimate of drug-likeness (QED) is 0.375. The maximum Gasteiger partial charge on any atom is 0.0873 e. The molecule has 1 heterocycles. The highest BCUT2D eigenvalue weighted by molar-refractivity contribution is 5.73. The Bertz CT molecular complexity index is 67.5. The molecule has 0 bridgehead atoms. The number of nitrogens with one attached hydrogen (secondary N) is 1. The lowest BCUT2D eigenvalue weighted by Crippen LogP contribution is -2.00. The Morgan fingerprint density at radius 3 is 1.89 bits per heavy atom. The fourth-order valence-corrected chi connectivity index (χ4v) is 0.510. The van der Waals surface area contributed by atoms with Crippen molar-refractivity contribution in [1.82, 2.24) is 0 Å². The molecule has 54 valence electrons. The number of nitrogens with two attached hydrogens (primary N) is 1. The van der Waals surface area contributed by atoms with Gasteiger partial charge in [0.15, 0.2) is 0 Å². The summed E-state index contributed by atoms with van der Waals surface area (Å²) in [6.07, 6.45) is 2.56. The summed E-state index contributed by atoms with van der Waals surface area (Å²) in [5, 5.41) is 6.28. The van der Waals surface area contributed by atoms with Gasteiger partial charge in [0.25, 0.3) is 0 Å². The molecule has 9 heavy (non-hydrogen) atoms. The monoisotopic (exact) mass is 130 g/mol. The molecule has 0 amide bonds. The van der Waals surface area contributed by atoms with Crippen LogP contribution in [-0.2, 0) is 4.74 Å². The van der Waals surface area contributed by atoms with E-state index in [-0.39, 0.29) is 5.84 Å². The molecule has 0 aromatic rings. The first-order valence-electron chi connectivity index (χ1n) is 3.12. The Morgan fingerprint density at radius 2 is 1.78 bits per heavy atom. The normalized spacial score (nSPS) is 16.1. The van der Waals surface area contributed by atoms with Gasteiger partial charge in [-0.05, 0) is 19.8 Å². The van der Waals surface area contributed by atoms with Gasteiger partial charge < -0.3 is 10.5 Å². The van der Waals surface area contributed by atoms with Gasteiger partial charge in [-0.3, -0.25) is 5.41 Å². The molecular weight excluding hydrogens is 116 g/mol. The van der Waals surface area contributed by atoms with E-state index in [1.54, 1.807) is 0 Å². The predicted molar refractivity (Wildman–Crippen MR) is 37.6 cm³/mol. The van der Waals surface area contributed by atoms with Gasteiger partial charge in [-0.25, -0.2) is 0 Å². The van der Waals surface area contributed by atoms with Crippen LogP contribution in [0.2, 0.25) is 0 Å². The van der Waals surface area contributed by atoms with Crippen LogP contribution < -0.4 is 5.73 Å². The van der Waals surface area contributed by atoms with Crippen LogP contribution in [0.15, 0.2) is 0 Å². The van der Waals surface area contributed by atoms with Gasteiger partial charge in [0.1, 0.15) is 0 Å². The van der Waals surface area contributed by atoms with Crippen LogP contribution in [0.4, 0.5) is 0 Å². The van der Waals surface area contributed by atoms with Crippen molar-refractivity contribution < 1.29 is 4.74 Å². The maximum absolute atomic E-state index is 6.28. The van der Waals surface area contributed by atoms with Crippen LogP contribution in [0.1, 0.15) is 19.8 Å². The highest BCUT2D eigenvalue weighted by atomic mass is 16.5. The molecule has 1 saturated heterocycles. The zero-order chi connectivity index (χ0) is 7.11. The van der Waals surface area contributed by atoms with Crippen molar-refractivity contribution in [2.45, 2.75) is 19.8 Å². The summed E-state index contributed by atoms with van der Waals surface area (Å²) in [7, 11) is 0. The Kier molecular flexibility index (Phi) is 5.21. The lowest BCUT2D eigenvalue weighted by molar-refractivity contribution is 0.198. The van der Waals surface area contributed by atoms with Crippen LogP contribution in [0.5, 0.6) is 0 Å².